The van der Waals surface area contributed by atoms with Gasteiger partial charge in [0.2, 0.25) is 11.8 Å². The zero-order valence-corrected chi connectivity index (χ0v) is 17.8. The molecule has 0 atom stereocenters. The number of nitro benzene ring substituents is 1. The summed E-state index contributed by atoms with van der Waals surface area (Å²) in [5, 5.41) is 25.0. The second-order valence-corrected chi connectivity index (χ2v) is 7.65. The Labute approximate surface area is 186 Å². The molecule has 0 radical (unpaired) electrons. The standard InChI is InChI=1S/C19H17ClN6O4S/c1-25-16(10-17(27)22-15-5-3-2-4-14(15)20)23-24-19(25)31-11-18(28)21-12-6-8-13(9-7-12)26(29)30/h2-9H,10-11H2,1H3,(H,21,28)(H,22,27). The number of carbonyl (C=O) groups excluding carboxylic acids is 2. The molecule has 0 spiro atoms. The summed E-state index contributed by atoms with van der Waals surface area (Å²) in [5.41, 5.74) is 0.900. The molecule has 0 fully saturated rings. The van der Waals surface area contributed by atoms with E-state index in [4.69, 9.17) is 11.6 Å². The Morgan fingerprint density at radius 1 is 1.10 bits per heavy atom. The molecule has 0 aliphatic rings. The van der Waals surface area contributed by atoms with Gasteiger partial charge < -0.3 is 15.2 Å². The lowest BCUT2D eigenvalue weighted by Crippen LogP contribution is -2.17. The van der Waals surface area contributed by atoms with Crippen molar-refractivity contribution in [2.24, 2.45) is 7.05 Å². The Kier molecular flexibility index (Phi) is 7.21. The molecule has 0 bridgehead atoms. The first-order valence-corrected chi connectivity index (χ1v) is 10.3. The lowest BCUT2D eigenvalue weighted by Gasteiger charge is -2.07. The SMILES string of the molecule is Cn1c(CC(=O)Nc2ccccc2Cl)nnc1SCC(=O)Nc1ccc([N+](=O)[O-])cc1. The van der Waals surface area contributed by atoms with Crippen molar-refractivity contribution in [3.8, 4) is 0 Å². The second kappa shape index (κ2) is 10.0. The van der Waals surface area contributed by atoms with Crippen LogP contribution in [0.5, 0.6) is 0 Å². The molecule has 10 nitrogen and oxygen atoms in total. The molecule has 2 N–H and O–H groups in total. The second-order valence-electron chi connectivity index (χ2n) is 6.30. The third-order valence-electron chi connectivity index (χ3n) is 4.09. The van der Waals surface area contributed by atoms with Crippen molar-refractivity contribution in [2.45, 2.75) is 11.6 Å². The average molecular weight is 461 g/mol. The molecule has 2 amide bonds. The van der Waals surface area contributed by atoms with E-state index < -0.39 is 4.92 Å². The zero-order valence-electron chi connectivity index (χ0n) is 16.2. The van der Waals surface area contributed by atoms with Gasteiger partial charge in [0.25, 0.3) is 5.69 Å². The van der Waals surface area contributed by atoms with Crippen molar-refractivity contribution in [1.82, 2.24) is 14.8 Å². The highest BCUT2D eigenvalue weighted by atomic mass is 35.5. The number of hydrogen-bond donors (Lipinski definition) is 2. The fourth-order valence-electron chi connectivity index (χ4n) is 2.52. The smallest absolute Gasteiger partial charge is 0.269 e. The van der Waals surface area contributed by atoms with Crippen molar-refractivity contribution in [3.05, 3.63) is 69.5 Å². The summed E-state index contributed by atoms with van der Waals surface area (Å²) in [5.74, 6) is -0.117. The number of carbonyl (C=O) groups is 2. The van der Waals surface area contributed by atoms with Gasteiger partial charge in [-0.25, -0.2) is 0 Å². The van der Waals surface area contributed by atoms with Crippen LogP contribution in [0.2, 0.25) is 5.02 Å². The van der Waals surface area contributed by atoms with E-state index in [1.54, 1.807) is 35.9 Å². The first-order valence-electron chi connectivity index (χ1n) is 8.93. The van der Waals surface area contributed by atoms with Crippen LogP contribution >= 0.6 is 23.4 Å². The van der Waals surface area contributed by atoms with Crippen LogP contribution in [0.4, 0.5) is 17.1 Å². The van der Waals surface area contributed by atoms with Gasteiger partial charge in [-0.1, -0.05) is 35.5 Å². The van der Waals surface area contributed by atoms with E-state index in [1.807, 2.05) is 0 Å². The highest BCUT2D eigenvalue weighted by molar-refractivity contribution is 7.99. The molecule has 1 aromatic heterocycles. The number of rotatable bonds is 8. The highest BCUT2D eigenvalue weighted by Crippen LogP contribution is 2.21. The van der Waals surface area contributed by atoms with E-state index >= 15 is 0 Å². The maximum atomic E-state index is 12.3. The molecule has 160 valence electrons. The number of nitro groups is 1. The van der Waals surface area contributed by atoms with Gasteiger partial charge in [0.15, 0.2) is 5.16 Å². The molecule has 0 aliphatic carbocycles. The van der Waals surface area contributed by atoms with Gasteiger partial charge in [-0.05, 0) is 24.3 Å². The number of benzene rings is 2. The molecule has 0 saturated heterocycles. The van der Waals surface area contributed by atoms with Gasteiger partial charge in [0.1, 0.15) is 5.82 Å². The predicted octanol–water partition coefficient (Wildman–Crippen LogP) is 3.29. The van der Waals surface area contributed by atoms with Crippen LogP contribution < -0.4 is 10.6 Å². The van der Waals surface area contributed by atoms with Gasteiger partial charge in [0.05, 0.1) is 27.8 Å². The molecule has 2 aromatic carbocycles. The normalized spacial score (nSPS) is 10.5. The number of hydrogen-bond acceptors (Lipinski definition) is 7. The Hall–Kier alpha value is -3.44. The number of anilines is 2. The number of aromatic nitrogens is 3. The molecular weight excluding hydrogens is 444 g/mol. The molecule has 1 heterocycles. The largest absolute Gasteiger partial charge is 0.325 e. The minimum Gasteiger partial charge on any atom is -0.325 e. The maximum Gasteiger partial charge on any atom is 0.269 e. The first kappa shape index (κ1) is 22.2. The summed E-state index contributed by atoms with van der Waals surface area (Å²) in [6, 6.07) is 12.4. The van der Waals surface area contributed by atoms with Gasteiger partial charge in [-0.2, -0.15) is 0 Å². The van der Waals surface area contributed by atoms with E-state index in [2.05, 4.69) is 20.8 Å². The summed E-state index contributed by atoms with van der Waals surface area (Å²) in [7, 11) is 1.70. The molecular formula is C19H17ClN6O4S. The van der Waals surface area contributed by atoms with Crippen molar-refractivity contribution in [1.29, 1.82) is 0 Å². The molecule has 31 heavy (non-hydrogen) atoms. The third-order valence-corrected chi connectivity index (χ3v) is 5.44. The average Bonchev–Trinajstić information content (AvgIpc) is 3.08. The molecule has 12 heteroatoms. The predicted molar refractivity (Wildman–Crippen MR) is 117 cm³/mol. The number of nitrogens with zero attached hydrogens (tertiary/aromatic N) is 4. The monoisotopic (exact) mass is 460 g/mol. The molecule has 0 aliphatic heterocycles. The summed E-state index contributed by atoms with van der Waals surface area (Å²) in [6.45, 7) is 0. The minimum atomic E-state index is -0.512. The zero-order chi connectivity index (χ0) is 22.4. The van der Waals surface area contributed by atoms with E-state index in [9.17, 15) is 19.7 Å². The summed E-state index contributed by atoms with van der Waals surface area (Å²) >= 11 is 7.19. The molecule has 0 unspecified atom stereocenters. The third kappa shape index (κ3) is 6.03. The van der Waals surface area contributed by atoms with Crippen LogP contribution in [-0.4, -0.2) is 37.3 Å². The number of non-ortho nitro benzene ring substituents is 1. The van der Waals surface area contributed by atoms with Gasteiger partial charge in [0, 0.05) is 24.9 Å². The minimum absolute atomic E-state index is 0.00965. The fourth-order valence-corrected chi connectivity index (χ4v) is 3.43. The topological polar surface area (TPSA) is 132 Å². The Bertz CT molecular complexity index is 1120. The Morgan fingerprint density at radius 3 is 2.48 bits per heavy atom. The van der Waals surface area contributed by atoms with Crippen molar-refractivity contribution in [2.75, 3.05) is 16.4 Å². The molecule has 3 rings (SSSR count). The van der Waals surface area contributed by atoms with Crippen LogP contribution in [0.15, 0.2) is 53.7 Å². The molecule has 3 aromatic rings. The number of nitrogens with one attached hydrogen (secondary N) is 2. The van der Waals surface area contributed by atoms with Crippen LogP contribution in [0, 0.1) is 10.1 Å². The van der Waals surface area contributed by atoms with Crippen LogP contribution in [0.3, 0.4) is 0 Å². The lowest BCUT2D eigenvalue weighted by molar-refractivity contribution is -0.384. The first-order chi connectivity index (χ1) is 14.8. The van der Waals surface area contributed by atoms with Gasteiger partial charge in [-0.15, -0.1) is 10.2 Å². The fraction of sp³-hybridized carbons (Fsp3) is 0.158. The summed E-state index contributed by atoms with van der Waals surface area (Å²) < 4.78 is 1.63. The Balaban J connectivity index is 1.52. The quantitative estimate of drug-likeness (QED) is 0.299. The van der Waals surface area contributed by atoms with E-state index in [0.29, 0.717) is 27.4 Å². The van der Waals surface area contributed by atoms with Crippen LogP contribution in [0.25, 0.3) is 0 Å². The number of thioether (sulfide) groups is 1. The van der Waals surface area contributed by atoms with Gasteiger partial charge >= 0.3 is 0 Å². The summed E-state index contributed by atoms with van der Waals surface area (Å²) in [4.78, 5) is 34.6. The van der Waals surface area contributed by atoms with Gasteiger partial charge in [-0.3, -0.25) is 19.7 Å². The lowest BCUT2D eigenvalue weighted by atomic mass is 10.3. The number of para-hydroxylation sites is 1. The van der Waals surface area contributed by atoms with Crippen molar-refractivity contribution < 1.29 is 14.5 Å². The number of halogens is 1. The summed E-state index contributed by atoms with van der Waals surface area (Å²) in [6.07, 6.45) is -0.00965. The van der Waals surface area contributed by atoms with Crippen LogP contribution in [-0.2, 0) is 23.1 Å². The van der Waals surface area contributed by atoms with E-state index in [1.165, 1.54) is 24.3 Å². The Morgan fingerprint density at radius 2 is 1.81 bits per heavy atom. The van der Waals surface area contributed by atoms with E-state index in [-0.39, 0.29) is 29.7 Å². The highest BCUT2D eigenvalue weighted by Gasteiger charge is 2.15. The van der Waals surface area contributed by atoms with E-state index in [0.717, 1.165) is 11.8 Å². The van der Waals surface area contributed by atoms with Crippen LogP contribution in [0.1, 0.15) is 5.82 Å². The number of amides is 2. The molecule has 0 saturated carbocycles. The van der Waals surface area contributed by atoms with Crippen molar-refractivity contribution in [3.63, 3.8) is 0 Å². The maximum absolute atomic E-state index is 12.3. The van der Waals surface area contributed by atoms with Crippen molar-refractivity contribution >= 4 is 52.2 Å².